The first kappa shape index (κ1) is 19.0. The van der Waals surface area contributed by atoms with Crippen molar-refractivity contribution in [3.8, 4) is 17.2 Å². The van der Waals surface area contributed by atoms with Crippen molar-refractivity contribution in [1.29, 1.82) is 0 Å². The standard InChI is InChI=1S/C21H29NO3/c1-16(2)13-14-24-19-11-9-18(10-12-19)22-15-17(3)25-21-8-6-5-7-20(21)23-4/h5-12,16-17,22H,13-15H2,1-4H3. The van der Waals surface area contributed by atoms with Gasteiger partial charge in [-0.3, -0.25) is 0 Å². The molecule has 0 aromatic heterocycles. The van der Waals surface area contributed by atoms with Gasteiger partial charge in [-0.25, -0.2) is 0 Å². The third kappa shape index (κ3) is 6.57. The van der Waals surface area contributed by atoms with Crippen molar-refractivity contribution in [2.24, 2.45) is 5.92 Å². The van der Waals surface area contributed by atoms with Gasteiger partial charge >= 0.3 is 0 Å². The Labute approximate surface area is 151 Å². The van der Waals surface area contributed by atoms with Gasteiger partial charge in [-0.05, 0) is 55.7 Å². The lowest BCUT2D eigenvalue weighted by molar-refractivity contribution is 0.223. The number of nitrogens with one attached hydrogen (secondary N) is 1. The Balaban J connectivity index is 1.78. The summed E-state index contributed by atoms with van der Waals surface area (Å²) < 4.78 is 17.0. The summed E-state index contributed by atoms with van der Waals surface area (Å²) in [4.78, 5) is 0. The van der Waals surface area contributed by atoms with Crippen LogP contribution in [0, 0.1) is 5.92 Å². The topological polar surface area (TPSA) is 39.7 Å². The molecular weight excluding hydrogens is 314 g/mol. The van der Waals surface area contributed by atoms with Gasteiger partial charge in [0.1, 0.15) is 11.9 Å². The van der Waals surface area contributed by atoms with Crippen LogP contribution in [-0.2, 0) is 0 Å². The van der Waals surface area contributed by atoms with Gasteiger partial charge in [0.2, 0.25) is 0 Å². The number of para-hydroxylation sites is 2. The van der Waals surface area contributed by atoms with Crippen LogP contribution < -0.4 is 19.5 Å². The first-order valence-electron chi connectivity index (χ1n) is 8.85. The zero-order valence-corrected chi connectivity index (χ0v) is 15.6. The minimum Gasteiger partial charge on any atom is -0.494 e. The van der Waals surface area contributed by atoms with Crippen molar-refractivity contribution in [2.45, 2.75) is 33.3 Å². The van der Waals surface area contributed by atoms with Crippen molar-refractivity contribution >= 4 is 5.69 Å². The van der Waals surface area contributed by atoms with Gasteiger partial charge in [0.15, 0.2) is 11.5 Å². The van der Waals surface area contributed by atoms with Crippen molar-refractivity contribution < 1.29 is 14.2 Å². The largest absolute Gasteiger partial charge is 0.494 e. The molecular formula is C21H29NO3. The molecule has 0 radical (unpaired) electrons. The van der Waals surface area contributed by atoms with E-state index < -0.39 is 0 Å². The molecule has 0 aliphatic heterocycles. The predicted octanol–water partition coefficient (Wildman–Crippen LogP) is 5.00. The number of hydrogen-bond donors (Lipinski definition) is 1. The van der Waals surface area contributed by atoms with Gasteiger partial charge in [0.05, 0.1) is 20.3 Å². The van der Waals surface area contributed by atoms with Gasteiger partial charge in [-0.1, -0.05) is 26.0 Å². The fraction of sp³-hybridized carbons (Fsp3) is 0.429. The maximum absolute atomic E-state index is 5.95. The monoisotopic (exact) mass is 343 g/mol. The summed E-state index contributed by atoms with van der Waals surface area (Å²) in [5, 5.41) is 3.38. The number of methoxy groups -OCH3 is 1. The van der Waals surface area contributed by atoms with Crippen LogP contribution in [0.4, 0.5) is 5.69 Å². The highest BCUT2D eigenvalue weighted by Gasteiger charge is 2.08. The Morgan fingerprint density at radius 2 is 1.60 bits per heavy atom. The van der Waals surface area contributed by atoms with Gasteiger partial charge in [0, 0.05) is 5.69 Å². The molecule has 2 rings (SSSR count). The number of rotatable bonds is 10. The smallest absolute Gasteiger partial charge is 0.161 e. The second-order valence-corrected chi connectivity index (χ2v) is 6.52. The SMILES string of the molecule is COc1ccccc1OC(C)CNc1ccc(OCCC(C)C)cc1. The Hall–Kier alpha value is -2.36. The number of hydrogen-bond acceptors (Lipinski definition) is 4. The fourth-order valence-corrected chi connectivity index (χ4v) is 2.32. The molecule has 1 unspecified atom stereocenters. The molecule has 136 valence electrons. The molecule has 1 atom stereocenters. The molecule has 4 heteroatoms. The average Bonchev–Trinajstić information content (AvgIpc) is 2.61. The summed E-state index contributed by atoms with van der Waals surface area (Å²) in [5.41, 5.74) is 1.05. The molecule has 0 heterocycles. The molecule has 2 aromatic rings. The molecule has 0 fully saturated rings. The molecule has 0 aliphatic carbocycles. The molecule has 4 nitrogen and oxygen atoms in total. The van der Waals surface area contributed by atoms with Crippen molar-refractivity contribution in [3.63, 3.8) is 0 Å². The molecule has 0 bridgehead atoms. The Bertz CT molecular complexity index is 625. The molecule has 1 N–H and O–H groups in total. The van der Waals surface area contributed by atoms with E-state index in [9.17, 15) is 0 Å². The first-order chi connectivity index (χ1) is 12.1. The van der Waals surface area contributed by atoms with Crippen LogP contribution in [0.2, 0.25) is 0 Å². The van der Waals surface area contributed by atoms with Gasteiger partial charge < -0.3 is 19.5 Å². The lowest BCUT2D eigenvalue weighted by atomic mass is 10.1. The summed E-state index contributed by atoms with van der Waals surface area (Å²) in [5.74, 6) is 3.07. The molecule has 25 heavy (non-hydrogen) atoms. The van der Waals surface area contributed by atoms with Crippen LogP contribution in [0.25, 0.3) is 0 Å². The molecule has 2 aromatic carbocycles. The second-order valence-electron chi connectivity index (χ2n) is 6.52. The number of anilines is 1. The van der Waals surface area contributed by atoms with Crippen molar-refractivity contribution in [2.75, 3.05) is 25.6 Å². The van der Waals surface area contributed by atoms with E-state index in [0.29, 0.717) is 12.5 Å². The van der Waals surface area contributed by atoms with Crippen LogP contribution in [0.15, 0.2) is 48.5 Å². The van der Waals surface area contributed by atoms with Gasteiger partial charge in [-0.15, -0.1) is 0 Å². The van der Waals surface area contributed by atoms with Crippen LogP contribution in [0.3, 0.4) is 0 Å². The van der Waals surface area contributed by atoms with Crippen molar-refractivity contribution in [3.05, 3.63) is 48.5 Å². The van der Waals surface area contributed by atoms with E-state index in [1.54, 1.807) is 7.11 Å². The van der Waals surface area contributed by atoms with E-state index in [1.807, 2.05) is 55.5 Å². The summed E-state index contributed by atoms with van der Waals surface area (Å²) in [7, 11) is 1.65. The minimum atomic E-state index is 0.0123. The van der Waals surface area contributed by atoms with E-state index in [4.69, 9.17) is 14.2 Å². The van der Waals surface area contributed by atoms with Crippen LogP contribution >= 0.6 is 0 Å². The second kappa shape index (κ2) is 9.82. The molecule has 0 amide bonds. The van der Waals surface area contributed by atoms with E-state index in [2.05, 4.69) is 19.2 Å². The van der Waals surface area contributed by atoms with E-state index in [-0.39, 0.29) is 6.10 Å². The fourth-order valence-electron chi connectivity index (χ4n) is 2.32. The third-order valence-corrected chi connectivity index (χ3v) is 3.81. The highest BCUT2D eigenvalue weighted by Crippen LogP contribution is 2.26. The highest BCUT2D eigenvalue weighted by molar-refractivity contribution is 5.46. The molecule has 0 aliphatic rings. The minimum absolute atomic E-state index is 0.0123. The maximum Gasteiger partial charge on any atom is 0.161 e. The highest BCUT2D eigenvalue weighted by atomic mass is 16.5. The zero-order valence-electron chi connectivity index (χ0n) is 15.6. The Morgan fingerprint density at radius 3 is 2.24 bits per heavy atom. The number of benzene rings is 2. The van der Waals surface area contributed by atoms with E-state index >= 15 is 0 Å². The summed E-state index contributed by atoms with van der Waals surface area (Å²) in [6.45, 7) is 7.89. The van der Waals surface area contributed by atoms with Crippen LogP contribution in [0.1, 0.15) is 27.2 Å². The molecule has 0 spiro atoms. The predicted molar refractivity (Wildman–Crippen MR) is 103 cm³/mol. The maximum atomic E-state index is 5.95. The normalized spacial score (nSPS) is 11.9. The lowest BCUT2D eigenvalue weighted by Gasteiger charge is -2.18. The lowest BCUT2D eigenvalue weighted by Crippen LogP contribution is -2.22. The Morgan fingerprint density at radius 1 is 0.920 bits per heavy atom. The summed E-state index contributed by atoms with van der Waals surface area (Å²) in [6, 6.07) is 15.7. The zero-order chi connectivity index (χ0) is 18.1. The van der Waals surface area contributed by atoms with E-state index in [1.165, 1.54) is 0 Å². The quantitative estimate of drug-likeness (QED) is 0.659. The van der Waals surface area contributed by atoms with Crippen LogP contribution in [0.5, 0.6) is 17.2 Å². The molecule has 0 saturated heterocycles. The summed E-state index contributed by atoms with van der Waals surface area (Å²) >= 11 is 0. The van der Waals surface area contributed by atoms with Crippen molar-refractivity contribution in [1.82, 2.24) is 0 Å². The van der Waals surface area contributed by atoms with Gasteiger partial charge in [0.25, 0.3) is 0 Å². The van der Waals surface area contributed by atoms with Crippen LogP contribution in [-0.4, -0.2) is 26.4 Å². The Kier molecular flexibility index (Phi) is 7.45. The number of ether oxygens (including phenoxy) is 3. The third-order valence-electron chi connectivity index (χ3n) is 3.81. The summed E-state index contributed by atoms with van der Waals surface area (Å²) in [6.07, 6.45) is 1.08. The van der Waals surface area contributed by atoms with E-state index in [0.717, 1.165) is 36.0 Å². The van der Waals surface area contributed by atoms with Gasteiger partial charge in [-0.2, -0.15) is 0 Å². The average molecular weight is 343 g/mol. The first-order valence-corrected chi connectivity index (χ1v) is 8.85. The molecule has 0 saturated carbocycles.